The molecular weight excluding hydrogens is 170 g/mol. The minimum absolute atomic E-state index is 0.0325. The Morgan fingerprint density at radius 3 is 2.38 bits per heavy atom. The van der Waals surface area contributed by atoms with Gasteiger partial charge in [-0.3, -0.25) is 9.59 Å². The number of nitrogens with zero attached hydrogens (tertiary/aromatic N) is 1. The first-order chi connectivity index (χ1) is 5.96. The second kappa shape index (κ2) is 3.33. The molecule has 0 unspecified atom stereocenters. The molecule has 13 heavy (non-hydrogen) atoms. The minimum atomic E-state index is -0.688. The normalized spacial score (nSPS) is 17.8. The van der Waals surface area contributed by atoms with Crippen LogP contribution in [0.2, 0.25) is 0 Å². The Kier molecular flexibility index (Phi) is 2.56. The highest BCUT2D eigenvalue weighted by Crippen LogP contribution is 2.31. The quantitative estimate of drug-likeness (QED) is 0.572. The van der Waals surface area contributed by atoms with Gasteiger partial charge in [-0.1, -0.05) is 0 Å². The fourth-order valence-corrected chi connectivity index (χ4v) is 0.852. The molecule has 74 valence electrons. The largest absolute Gasteiger partial charge is 0.347 e. The molecule has 0 aliphatic heterocycles. The molecule has 1 rings (SSSR count). The number of hydrogen-bond acceptors (Lipinski definition) is 3. The van der Waals surface area contributed by atoms with Crippen LogP contribution >= 0.6 is 0 Å². The zero-order chi connectivity index (χ0) is 10.1. The molecule has 1 aliphatic carbocycles. The predicted octanol–water partition coefficient (Wildman–Crippen LogP) is -1.32. The molecular formula is C8H15N3O2. The van der Waals surface area contributed by atoms with Gasteiger partial charge in [0.2, 0.25) is 11.8 Å². The lowest BCUT2D eigenvalue weighted by Gasteiger charge is -2.13. The van der Waals surface area contributed by atoms with E-state index in [-0.39, 0.29) is 18.4 Å². The van der Waals surface area contributed by atoms with E-state index in [1.807, 2.05) is 0 Å². The van der Waals surface area contributed by atoms with Crippen LogP contribution in [-0.2, 0) is 9.59 Å². The van der Waals surface area contributed by atoms with Crippen molar-refractivity contribution in [3.05, 3.63) is 0 Å². The predicted molar refractivity (Wildman–Crippen MR) is 47.9 cm³/mol. The van der Waals surface area contributed by atoms with Crippen LogP contribution in [0.15, 0.2) is 0 Å². The van der Waals surface area contributed by atoms with Crippen molar-refractivity contribution in [3.8, 4) is 0 Å². The van der Waals surface area contributed by atoms with E-state index in [0.29, 0.717) is 0 Å². The monoisotopic (exact) mass is 185 g/mol. The Balaban J connectivity index is 2.27. The highest BCUT2D eigenvalue weighted by Gasteiger charge is 2.45. The number of carbonyl (C=O) groups is 2. The van der Waals surface area contributed by atoms with Gasteiger partial charge in [0.1, 0.15) is 0 Å². The van der Waals surface area contributed by atoms with Crippen LogP contribution in [0.4, 0.5) is 0 Å². The number of rotatable bonds is 3. The average Bonchev–Trinajstić information content (AvgIpc) is 2.79. The molecule has 0 saturated heterocycles. The smallest absolute Gasteiger partial charge is 0.241 e. The molecule has 0 bridgehead atoms. The van der Waals surface area contributed by atoms with Gasteiger partial charge in [0, 0.05) is 14.1 Å². The molecule has 0 radical (unpaired) electrons. The Morgan fingerprint density at radius 1 is 1.46 bits per heavy atom. The molecule has 1 fully saturated rings. The number of amides is 2. The Hall–Kier alpha value is -1.10. The van der Waals surface area contributed by atoms with Crippen molar-refractivity contribution < 1.29 is 9.59 Å². The topological polar surface area (TPSA) is 75.4 Å². The molecule has 0 spiro atoms. The maximum atomic E-state index is 11.2. The van der Waals surface area contributed by atoms with Crippen molar-refractivity contribution in [2.45, 2.75) is 18.4 Å². The van der Waals surface area contributed by atoms with E-state index in [1.54, 1.807) is 14.1 Å². The zero-order valence-electron chi connectivity index (χ0n) is 7.96. The maximum absolute atomic E-state index is 11.2. The SMILES string of the molecule is CN(C)C(=O)CNC(=O)C1(N)CC1. The van der Waals surface area contributed by atoms with Crippen LogP contribution < -0.4 is 11.1 Å². The standard InChI is InChI=1S/C8H15N3O2/c1-11(2)6(12)5-10-7(13)8(9)3-4-8/h3-5,9H2,1-2H3,(H,10,13). The molecule has 5 heteroatoms. The Bertz CT molecular complexity index is 234. The molecule has 1 aliphatic rings. The maximum Gasteiger partial charge on any atom is 0.241 e. The summed E-state index contributed by atoms with van der Waals surface area (Å²) < 4.78 is 0. The number of nitrogens with two attached hydrogens (primary N) is 1. The summed E-state index contributed by atoms with van der Waals surface area (Å²) in [6.07, 6.45) is 1.43. The third-order valence-corrected chi connectivity index (χ3v) is 2.14. The number of nitrogens with one attached hydrogen (secondary N) is 1. The van der Waals surface area contributed by atoms with Crippen LogP contribution in [-0.4, -0.2) is 42.9 Å². The Morgan fingerprint density at radius 2 is 2.00 bits per heavy atom. The molecule has 0 aromatic heterocycles. The molecule has 5 nitrogen and oxygen atoms in total. The molecule has 3 N–H and O–H groups in total. The van der Waals surface area contributed by atoms with E-state index in [4.69, 9.17) is 5.73 Å². The van der Waals surface area contributed by atoms with Gasteiger partial charge in [0.25, 0.3) is 0 Å². The van der Waals surface area contributed by atoms with Crippen molar-refractivity contribution in [3.63, 3.8) is 0 Å². The summed E-state index contributed by atoms with van der Waals surface area (Å²) >= 11 is 0. The van der Waals surface area contributed by atoms with Crippen molar-refractivity contribution >= 4 is 11.8 Å². The summed E-state index contributed by atoms with van der Waals surface area (Å²) in [5, 5.41) is 2.51. The van der Waals surface area contributed by atoms with E-state index < -0.39 is 5.54 Å². The van der Waals surface area contributed by atoms with Crippen LogP contribution in [0.1, 0.15) is 12.8 Å². The van der Waals surface area contributed by atoms with Gasteiger partial charge in [0.05, 0.1) is 12.1 Å². The molecule has 2 amide bonds. The van der Waals surface area contributed by atoms with E-state index in [9.17, 15) is 9.59 Å². The summed E-state index contributed by atoms with van der Waals surface area (Å²) in [7, 11) is 3.29. The van der Waals surface area contributed by atoms with Crippen LogP contribution in [0.25, 0.3) is 0 Å². The van der Waals surface area contributed by atoms with Gasteiger partial charge < -0.3 is 16.0 Å². The second-order valence-electron chi connectivity index (χ2n) is 3.63. The van der Waals surface area contributed by atoms with Crippen LogP contribution in [0.5, 0.6) is 0 Å². The lowest BCUT2D eigenvalue weighted by atomic mass is 10.3. The highest BCUT2D eigenvalue weighted by atomic mass is 16.2. The van der Waals surface area contributed by atoms with E-state index in [1.165, 1.54) is 4.90 Å². The highest BCUT2D eigenvalue weighted by molar-refractivity contribution is 5.92. The number of likely N-dealkylation sites (N-methyl/N-ethyl adjacent to an activating group) is 1. The second-order valence-corrected chi connectivity index (χ2v) is 3.63. The minimum Gasteiger partial charge on any atom is -0.347 e. The number of hydrogen-bond donors (Lipinski definition) is 2. The van der Waals surface area contributed by atoms with Gasteiger partial charge in [0.15, 0.2) is 0 Å². The summed E-state index contributed by atoms with van der Waals surface area (Å²) in [5.74, 6) is -0.347. The number of carbonyl (C=O) groups excluding carboxylic acids is 2. The van der Waals surface area contributed by atoms with E-state index >= 15 is 0 Å². The lowest BCUT2D eigenvalue weighted by Crippen LogP contribution is -2.46. The van der Waals surface area contributed by atoms with Crippen molar-refractivity contribution in [2.75, 3.05) is 20.6 Å². The first-order valence-corrected chi connectivity index (χ1v) is 4.23. The summed E-state index contributed by atoms with van der Waals surface area (Å²) in [4.78, 5) is 23.7. The zero-order valence-corrected chi connectivity index (χ0v) is 7.96. The fourth-order valence-electron chi connectivity index (χ4n) is 0.852. The van der Waals surface area contributed by atoms with Gasteiger partial charge in [-0.15, -0.1) is 0 Å². The van der Waals surface area contributed by atoms with Crippen molar-refractivity contribution in [2.24, 2.45) is 5.73 Å². The van der Waals surface area contributed by atoms with Crippen LogP contribution in [0.3, 0.4) is 0 Å². The third-order valence-electron chi connectivity index (χ3n) is 2.14. The van der Waals surface area contributed by atoms with Crippen molar-refractivity contribution in [1.29, 1.82) is 0 Å². The van der Waals surface area contributed by atoms with Gasteiger partial charge in [-0.2, -0.15) is 0 Å². The molecule has 0 heterocycles. The van der Waals surface area contributed by atoms with E-state index in [2.05, 4.69) is 5.32 Å². The Labute approximate surface area is 77.3 Å². The summed E-state index contributed by atoms with van der Waals surface area (Å²) in [6.45, 7) is 0.0325. The molecule has 1 saturated carbocycles. The van der Waals surface area contributed by atoms with Gasteiger partial charge >= 0.3 is 0 Å². The van der Waals surface area contributed by atoms with Gasteiger partial charge in [-0.25, -0.2) is 0 Å². The first-order valence-electron chi connectivity index (χ1n) is 4.23. The summed E-state index contributed by atoms with van der Waals surface area (Å²) in [5.41, 5.74) is 4.93. The molecule has 0 atom stereocenters. The van der Waals surface area contributed by atoms with E-state index in [0.717, 1.165) is 12.8 Å². The van der Waals surface area contributed by atoms with Crippen LogP contribution in [0, 0.1) is 0 Å². The molecule has 0 aromatic carbocycles. The fraction of sp³-hybridized carbons (Fsp3) is 0.750. The third kappa shape index (κ3) is 2.42. The first kappa shape index (κ1) is 9.98. The van der Waals surface area contributed by atoms with Crippen molar-refractivity contribution in [1.82, 2.24) is 10.2 Å². The lowest BCUT2D eigenvalue weighted by molar-refractivity contribution is -0.131. The summed E-state index contributed by atoms with van der Waals surface area (Å²) in [6, 6.07) is 0. The average molecular weight is 185 g/mol. The molecule has 0 aromatic rings. The van der Waals surface area contributed by atoms with Gasteiger partial charge in [-0.05, 0) is 12.8 Å².